The third kappa shape index (κ3) is 7.44. The van der Waals surface area contributed by atoms with Gasteiger partial charge in [-0.15, -0.1) is 0 Å². The van der Waals surface area contributed by atoms with E-state index in [2.05, 4.69) is 5.32 Å². The summed E-state index contributed by atoms with van der Waals surface area (Å²) in [6.45, 7) is -0.177. The van der Waals surface area contributed by atoms with Crippen molar-refractivity contribution in [2.24, 2.45) is 5.73 Å². The van der Waals surface area contributed by atoms with Crippen molar-refractivity contribution in [3.05, 3.63) is 64.7 Å². The molecule has 170 valence electrons. The molecule has 0 saturated heterocycles. The molecule has 2 rings (SSSR count). The lowest BCUT2D eigenvalue weighted by molar-refractivity contribution is -0.192. The maximum atomic E-state index is 13.9. The van der Waals surface area contributed by atoms with Crippen molar-refractivity contribution in [3.63, 3.8) is 0 Å². The van der Waals surface area contributed by atoms with Gasteiger partial charge in [0.25, 0.3) is 0 Å². The Morgan fingerprint density at radius 1 is 1.03 bits per heavy atom. The zero-order valence-corrected chi connectivity index (χ0v) is 15.6. The van der Waals surface area contributed by atoms with Crippen LogP contribution in [0.3, 0.4) is 0 Å². The molecule has 4 N–H and O–H groups in total. The van der Waals surface area contributed by atoms with E-state index in [0.29, 0.717) is 0 Å². The number of halogens is 7. The Labute approximate surface area is 170 Å². The zero-order valence-electron chi connectivity index (χ0n) is 15.6. The highest BCUT2D eigenvalue weighted by Crippen LogP contribution is 2.25. The number of alkyl halides is 3. The predicted octanol–water partition coefficient (Wildman–Crippen LogP) is 3.20. The Hall–Kier alpha value is -3.35. The number of methoxy groups -OCH3 is 1. The van der Waals surface area contributed by atoms with E-state index in [1.54, 1.807) is 0 Å². The van der Waals surface area contributed by atoms with Gasteiger partial charge in [-0.05, 0) is 17.7 Å². The summed E-state index contributed by atoms with van der Waals surface area (Å²) in [7, 11) is 1.24. The van der Waals surface area contributed by atoms with Crippen LogP contribution in [0.2, 0.25) is 0 Å². The van der Waals surface area contributed by atoms with E-state index in [1.807, 2.05) is 0 Å². The Kier molecular flexibility index (Phi) is 8.79. The average molecular weight is 456 g/mol. The summed E-state index contributed by atoms with van der Waals surface area (Å²) in [5.41, 5.74) is 5.24. The van der Waals surface area contributed by atoms with Gasteiger partial charge in [0, 0.05) is 18.7 Å². The first kappa shape index (κ1) is 25.7. The van der Waals surface area contributed by atoms with Gasteiger partial charge in [-0.1, -0.05) is 6.07 Å². The summed E-state index contributed by atoms with van der Waals surface area (Å²) in [4.78, 5) is 20.9. The number of carboxylic acids is 1. The number of carboxylic acid groups (broad SMARTS) is 1. The molecule has 0 radical (unpaired) electrons. The van der Waals surface area contributed by atoms with Gasteiger partial charge >= 0.3 is 12.1 Å². The lowest BCUT2D eigenvalue weighted by Gasteiger charge is -2.15. The smallest absolute Gasteiger partial charge is 0.490 e. The van der Waals surface area contributed by atoms with Gasteiger partial charge < -0.3 is 20.9 Å². The van der Waals surface area contributed by atoms with Crippen LogP contribution in [0.25, 0.3) is 0 Å². The zero-order chi connectivity index (χ0) is 23.9. The SMILES string of the molecule is COc1cc(F)c(C(N)C(=O)NCc2ccc(F)c(F)c2)c(F)c1.O=C(O)C(F)(F)F. The molecule has 6 nitrogen and oxygen atoms in total. The molecule has 0 bridgehead atoms. The van der Waals surface area contributed by atoms with Crippen LogP contribution in [-0.4, -0.2) is 30.3 Å². The normalized spacial score (nSPS) is 11.8. The monoisotopic (exact) mass is 456 g/mol. The number of amides is 1. The van der Waals surface area contributed by atoms with E-state index < -0.39 is 52.9 Å². The fraction of sp³-hybridized carbons (Fsp3) is 0.222. The number of carbonyl (C=O) groups is 2. The first-order valence-electron chi connectivity index (χ1n) is 8.08. The molecule has 0 aromatic heterocycles. The van der Waals surface area contributed by atoms with Crippen molar-refractivity contribution in [1.82, 2.24) is 5.32 Å². The molecule has 1 atom stereocenters. The van der Waals surface area contributed by atoms with Crippen LogP contribution in [0.4, 0.5) is 30.7 Å². The number of carbonyl (C=O) groups excluding carboxylic acids is 1. The van der Waals surface area contributed by atoms with Crippen LogP contribution in [0, 0.1) is 23.3 Å². The Morgan fingerprint density at radius 2 is 1.55 bits per heavy atom. The third-order valence-corrected chi connectivity index (χ3v) is 3.58. The topological polar surface area (TPSA) is 102 Å². The maximum absolute atomic E-state index is 13.9. The lowest BCUT2D eigenvalue weighted by atomic mass is 10.0. The fourth-order valence-corrected chi connectivity index (χ4v) is 2.06. The van der Waals surface area contributed by atoms with Crippen molar-refractivity contribution >= 4 is 11.9 Å². The molecule has 0 saturated carbocycles. The maximum Gasteiger partial charge on any atom is 0.490 e. The second-order valence-electron chi connectivity index (χ2n) is 5.75. The van der Waals surface area contributed by atoms with E-state index in [9.17, 15) is 35.5 Å². The Balaban J connectivity index is 0.000000592. The summed E-state index contributed by atoms with van der Waals surface area (Å²) in [6, 6.07) is 3.26. The summed E-state index contributed by atoms with van der Waals surface area (Å²) in [5, 5.41) is 9.43. The van der Waals surface area contributed by atoms with Crippen LogP contribution < -0.4 is 15.8 Å². The van der Waals surface area contributed by atoms with Gasteiger partial charge in [0.1, 0.15) is 23.4 Å². The second kappa shape index (κ2) is 10.6. The van der Waals surface area contributed by atoms with E-state index >= 15 is 0 Å². The number of ether oxygens (including phenoxy) is 1. The molecule has 0 aliphatic carbocycles. The summed E-state index contributed by atoms with van der Waals surface area (Å²) < 4.78 is 90.1. The molecular weight excluding hydrogens is 441 g/mol. The average Bonchev–Trinajstić information content (AvgIpc) is 2.67. The fourth-order valence-electron chi connectivity index (χ4n) is 2.06. The molecule has 0 heterocycles. The minimum atomic E-state index is -5.08. The molecule has 1 amide bonds. The first-order chi connectivity index (χ1) is 14.3. The number of hydrogen-bond acceptors (Lipinski definition) is 4. The van der Waals surface area contributed by atoms with Gasteiger partial charge in [-0.2, -0.15) is 13.2 Å². The largest absolute Gasteiger partial charge is 0.497 e. The quantitative estimate of drug-likeness (QED) is 0.600. The number of nitrogens with one attached hydrogen (secondary N) is 1. The van der Waals surface area contributed by atoms with Crippen molar-refractivity contribution in [2.45, 2.75) is 18.8 Å². The van der Waals surface area contributed by atoms with Crippen LogP contribution in [0.1, 0.15) is 17.2 Å². The van der Waals surface area contributed by atoms with E-state index in [4.69, 9.17) is 20.4 Å². The molecule has 0 spiro atoms. The highest BCUT2D eigenvalue weighted by Gasteiger charge is 2.38. The number of hydrogen-bond donors (Lipinski definition) is 3. The van der Waals surface area contributed by atoms with Gasteiger partial charge in [-0.25, -0.2) is 22.4 Å². The standard InChI is InChI=1S/C16H14F4N2O2.C2HF3O2/c1-24-9-5-12(19)14(13(20)6-9)15(21)16(23)22-7-8-2-3-10(17)11(18)4-8;3-2(4,5)1(6)7/h2-6,15H,7,21H2,1H3,(H,22,23);(H,6,7). The van der Waals surface area contributed by atoms with Crippen LogP contribution in [-0.2, 0) is 16.1 Å². The van der Waals surface area contributed by atoms with Crippen LogP contribution >= 0.6 is 0 Å². The van der Waals surface area contributed by atoms with Crippen molar-refractivity contribution in [3.8, 4) is 5.75 Å². The number of benzene rings is 2. The van der Waals surface area contributed by atoms with E-state index in [0.717, 1.165) is 24.3 Å². The predicted molar refractivity (Wildman–Crippen MR) is 91.7 cm³/mol. The molecule has 13 heteroatoms. The summed E-state index contributed by atoms with van der Waals surface area (Å²) in [6.07, 6.45) is -5.08. The number of rotatable bonds is 5. The highest BCUT2D eigenvalue weighted by atomic mass is 19.4. The van der Waals surface area contributed by atoms with Crippen LogP contribution in [0.5, 0.6) is 5.75 Å². The Morgan fingerprint density at radius 3 is 1.97 bits per heavy atom. The number of aliphatic carboxylic acids is 1. The van der Waals surface area contributed by atoms with E-state index in [-0.39, 0.29) is 17.9 Å². The molecular formula is C18H15F7N2O4. The van der Waals surface area contributed by atoms with Gasteiger partial charge in [0.15, 0.2) is 11.6 Å². The van der Waals surface area contributed by atoms with Crippen LogP contribution in [0.15, 0.2) is 30.3 Å². The summed E-state index contributed by atoms with van der Waals surface area (Å²) >= 11 is 0. The molecule has 0 aliphatic heterocycles. The minimum absolute atomic E-state index is 0.0526. The second-order valence-corrected chi connectivity index (χ2v) is 5.75. The van der Waals surface area contributed by atoms with Crippen molar-refractivity contribution in [2.75, 3.05) is 7.11 Å². The number of nitrogens with two attached hydrogens (primary N) is 1. The molecule has 0 fully saturated rings. The van der Waals surface area contributed by atoms with Crippen molar-refractivity contribution in [1.29, 1.82) is 0 Å². The first-order valence-corrected chi connectivity index (χ1v) is 8.08. The molecule has 0 aliphatic rings. The minimum Gasteiger partial charge on any atom is -0.497 e. The van der Waals surface area contributed by atoms with Gasteiger partial charge in [-0.3, -0.25) is 4.79 Å². The summed E-state index contributed by atoms with van der Waals surface area (Å²) in [5.74, 6) is -7.83. The Bertz CT molecular complexity index is 928. The molecule has 2 aromatic carbocycles. The molecule has 1 unspecified atom stereocenters. The van der Waals surface area contributed by atoms with Crippen molar-refractivity contribution < 1.29 is 50.2 Å². The highest BCUT2D eigenvalue weighted by molar-refractivity contribution is 5.83. The van der Waals surface area contributed by atoms with E-state index in [1.165, 1.54) is 13.2 Å². The lowest BCUT2D eigenvalue weighted by Crippen LogP contribution is -2.34. The van der Waals surface area contributed by atoms with Gasteiger partial charge in [0.2, 0.25) is 5.91 Å². The molecule has 2 aromatic rings. The van der Waals surface area contributed by atoms with Gasteiger partial charge in [0.05, 0.1) is 12.7 Å². The molecule has 31 heavy (non-hydrogen) atoms. The third-order valence-electron chi connectivity index (χ3n) is 3.58.